The van der Waals surface area contributed by atoms with E-state index in [0.717, 1.165) is 56.9 Å². The fourth-order valence-corrected chi connectivity index (χ4v) is 4.29. The standard InChI is InChI=1S/C19H18N2OS/c1-21(2)19-20-15-11-10-13-8-5-7-12-6-3-4-9-14(12)17(22)16(13)18(15)23-19/h3-4,6,9-11H,5,7-8H2,1-2H3. The zero-order valence-electron chi connectivity index (χ0n) is 13.3. The summed E-state index contributed by atoms with van der Waals surface area (Å²) >= 11 is 1.61. The molecule has 0 radical (unpaired) electrons. The fraction of sp³-hybridized carbons (Fsp3) is 0.263. The first-order chi connectivity index (χ1) is 11.1. The van der Waals surface area contributed by atoms with Crippen LogP contribution in [0.2, 0.25) is 0 Å². The minimum Gasteiger partial charge on any atom is -0.354 e. The number of benzene rings is 2. The van der Waals surface area contributed by atoms with E-state index in [-0.39, 0.29) is 5.78 Å². The Morgan fingerprint density at radius 1 is 1.04 bits per heavy atom. The summed E-state index contributed by atoms with van der Waals surface area (Å²) in [5.74, 6) is 0.148. The van der Waals surface area contributed by atoms with Gasteiger partial charge in [-0.05, 0) is 36.5 Å². The van der Waals surface area contributed by atoms with Crippen LogP contribution in [0.15, 0.2) is 36.4 Å². The van der Waals surface area contributed by atoms with E-state index in [2.05, 4.69) is 23.2 Å². The number of ketones is 1. The summed E-state index contributed by atoms with van der Waals surface area (Å²) in [6.45, 7) is 0. The summed E-state index contributed by atoms with van der Waals surface area (Å²) < 4.78 is 1.02. The number of fused-ring (bicyclic) bond motifs is 4. The highest BCUT2D eigenvalue weighted by molar-refractivity contribution is 7.22. The topological polar surface area (TPSA) is 33.2 Å². The molecular weight excluding hydrogens is 304 g/mol. The van der Waals surface area contributed by atoms with E-state index in [9.17, 15) is 4.79 Å². The predicted octanol–water partition coefficient (Wildman–Crippen LogP) is 4.08. The summed E-state index contributed by atoms with van der Waals surface area (Å²) in [5.41, 5.74) is 4.95. The summed E-state index contributed by atoms with van der Waals surface area (Å²) in [6, 6.07) is 12.2. The smallest absolute Gasteiger partial charge is 0.195 e. The minimum absolute atomic E-state index is 0.148. The van der Waals surface area contributed by atoms with Gasteiger partial charge in [-0.15, -0.1) is 0 Å². The van der Waals surface area contributed by atoms with E-state index >= 15 is 0 Å². The second-order valence-electron chi connectivity index (χ2n) is 6.18. The predicted molar refractivity (Wildman–Crippen MR) is 95.8 cm³/mol. The molecule has 0 fully saturated rings. The van der Waals surface area contributed by atoms with Crippen molar-refractivity contribution < 1.29 is 4.79 Å². The first-order valence-corrected chi connectivity index (χ1v) is 8.69. The van der Waals surface area contributed by atoms with Gasteiger partial charge in [-0.1, -0.05) is 41.7 Å². The number of carbonyl (C=O) groups is 1. The van der Waals surface area contributed by atoms with Crippen molar-refractivity contribution in [2.75, 3.05) is 19.0 Å². The molecule has 0 saturated carbocycles. The van der Waals surface area contributed by atoms with E-state index in [0.29, 0.717) is 0 Å². The lowest BCUT2D eigenvalue weighted by molar-refractivity contribution is 0.103. The van der Waals surface area contributed by atoms with Gasteiger partial charge in [0.2, 0.25) is 0 Å². The van der Waals surface area contributed by atoms with Crippen LogP contribution in [0.1, 0.15) is 33.5 Å². The first-order valence-electron chi connectivity index (χ1n) is 7.87. The quantitative estimate of drug-likeness (QED) is 0.677. The highest BCUT2D eigenvalue weighted by Crippen LogP contribution is 2.35. The third kappa shape index (κ3) is 2.34. The van der Waals surface area contributed by atoms with Gasteiger partial charge in [-0.25, -0.2) is 4.98 Å². The maximum Gasteiger partial charge on any atom is 0.195 e. The summed E-state index contributed by atoms with van der Waals surface area (Å²) in [4.78, 5) is 19.9. The highest BCUT2D eigenvalue weighted by Gasteiger charge is 2.23. The number of carbonyl (C=O) groups excluding carboxylic acids is 1. The third-order valence-electron chi connectivity index (χ3n) is 4.40. The van der Waals surface area contributed by atoms with Crippen LogP contribution in [0.4, 0.5) is 5.13 Å². The van der Waals surface area contributed by atoms with Crippen LogP contribution in [0.3, 0.4) is 0 Å². The molecule has 4 rings (SSSR count). The molecule has 3 aromatic rings. The summed E-state index contributed by atoms with van der Waals surface area (Å²) in [6.07, 6.45) is 2.98. The number of hydrogen-bond donors (Lipinski definition) is 0. The van der Waals surface area contributed by atoms with E-state index in [4.69, 9.17) is 0 Å². The molecule has 0 amide bonds. The van der Waals surface area contributed by atoms with Crippen molar-refractivity contribution >= 4 is 32.5 Å². The van der Waals surface area contributed by atoms with Gasteiger partial charge >= 0.3 is 0 Å². The molecule has 3 nitrogen and oxygen atoms in total. The molecule has 1 heterocycles. The molecule has 0 spiro atoms. The first kappa shape index (κ1) is 14.4. The van der Waals surface area contributed by atoms with Gasteiger partial charge in [0.1, 0.15) is 0 Å². The van der Waals surface area contributed by atoms with Gasteiger partial charge in [-0.2, -0.15) is 0 Å². The molecule has 0 bridgehead atoms. The molecule has 4 heteroatoms. The third-order valence-corrected chi connectivity index (χ3v) is 5.65. The second kappa shape index (κ2) is 5.46. The average Bonchev–Trinajstić information content (AvgIpc) is 2.97. The number of aryl methyl sites for hydroxylation is 2. The monoisotopic (exact) mass is 322 g/mol. The Balaban J connectivity index is 1.99. The zero-order valence-corrected chi connectivity index (χ0v) is 14.1. The van der Waals surface area contributed by atoms with E-state index in [1.54, 1.807) is 11.3 Å². The zero-order chi connectivity index (χ0) is 16.0. The molecule has 0 unspecified atom stereocenters. The lowest BCUT2D eigenvalue weighted by Gasteiger charge is -2.16. The average molecular weight is 322 g/mol. The molecule has 1 aromatic heterocycles. The minimum atomic E-state index is 0.148. The Labute approximate surface area is 139 Å². The van der Waals surface area contributed by atoms with Crippen LogP contribution in [0, 0.1) is 0 Å². The van der Waals surface area contributed by atoms with Crippen LogP contribution in [-0.4, -0.2) is 24.9 Å². The Morgan fingerprint density at radius 3 is 2.65 bits per heavy atom. The van der Waals surface area contributed by atoms with Gasteiger partial charge in [0, 0.05) is 25.2 Å². The Morgan fingerprint density at radius 2 is 1.83 bits per heavy atom. The van der Waals surface area contributed by atoms with E-state index in [1.807, 2.05) is 37.2 Å². The molecule has 0 aliphatic heterocycles. The Kier molecular flexibility index (Phi) is 3.42. The summed E-state index contributed by atoms with van der Waals surface area (Å²) in [5, 5.41) is 0.941. The van der Waals surface area contributed by atoms with Crippen molar-refractivity contribution in [3.05, 3.63) is 58.7 Å². The Hall–Kier alpha value is -2.20. The highest BCUT2D eigenvalue weighted by atomic mass is 32.1. The molecule has 23 heavy (non-hydrogen) atoms. The van der Waals surface area contributed by atoms with Crippen LogP contribution < -0.4 is 4.90 Å². The van der Waals surface area contributed by atoms with Crippen molar-refractivity contribution in [3.63, 3.8) is 0 Å². The van der Waals surface area contributed by atoms with Crippen molar-refractivity contribution in [2.45, 2.75) is 19.3 Å². The molecule has 116 valence electrons. The van der Waals surface area contributed by atoms with Gasteiger partial charge in [0.05, 0.1) is 10.2 Å². The fourth-order valence-electron chi connectivity index (χ4n) is 3.23. The van der Waals surface area contributed by atoms with Crippen molar-refractivity contribution in [1.82, 2.24) is 4.98 Å². The van der Waals surface area contributed by atoms with Gasteiger partial charge < -0.3 is 4.90 Å². The molecule has 0 N–H and O–H groups in total. The van der Waals surface area contributed by atoms with Gasteiger partial charge in [0.15, 0.2) is 10.9 Å². The molecule has 0 saturated heterocycles. The van der Waals surface area contributed by atoms with Crippen LogP contribution in [0.5, 0.6) is 0 Å². The van der Waals surface area contributed by atoms with E-state index in [1.165, 1.54) is 0 Å². The SMILES string of the molecule is CN(C)c1nc2ccc3c(c2s1)C(=O)c1ccccc1CCC3. The summed E-state index contributed by atoms with van der Waals surface area (Å²) in [7, 11) is 3.97. The number of thiazole rings is 1. The largest absolute Gasteiger partial charge is 0.354 e. The second-order valence-corrected chi connectivity index (χ2v) is 7.16. The van der Waals surface area contributed by atoms with Crippen molar-refractivity contribution in [1.29, 1.82) is 0 Å². The van der Waals surface area contributed by atoms with Crippen molar-refractivity contribution in [3.8, 4) is 0 Å². The molecule has 1 aliphatic carbocycles. The lowest BCUT2D eigenvalue weighted by Crippen LogP contribution is -2.12. The lowest BCUT2D eigenvalue weighted by atomic mass is 9.88. The molecule has 2 aromatic carbocycles. The van der Waals surface area contributed by atoms with Crippen LogP contribution >= 0.6 is 11.3 Å². The number of rotatable bonds is 1. The van der Waals surface area contributed by atoms with Crippen molar-refractivity contribution in [2.24, 2.45) is 0 Å². The molecule has 0 atom stereocenters. The van der Waals surface area contributed by atoms with Gasteiger partial charge in [-0.3, -0.25) is 4.79 Å². The normalized spacial score (nSPS) is 14.1. The molecular formula is C19H18N2OS. The number of aromatic nitrogens is 1. The van der Waals surface area contributed by atoms with E-state index < -0.39 is 0 Å². The molecule has 1 aliphatic rings. The van der Waals surface area contributed by atoms with Gasteiger partial charge in [0.25, 0.3) is 0 Å². The number of anilines is 1. The number of hydrogen-bond acceptors (Lipinski definition) is 4. The van der Waals surface area contributed by atoms with Crippen LogP contribution in [0.25, 0.3) is 10.2 Å². The maximum atomic E-state index is 13.2. The maximum absolute atomic E-state index is 13.2. The van der Waals surface area contributed by atoms with Crippen LogP contribution in [-0.2, 0) is 12.8 Å². The number of nitrogens with zero attached hydrogens (tertiary/aromatic N) is 2. The Bertz CT molecular complexity index is 911.